The van der Waals surface area contributed by atoms with Gasteiger partial charge in [-0.2, -0.15) is 0 Å². The van der Waals surface area contributed by atoms with E-state index in [1.54, 1.807) is 7.11 Å². The van der Waals surface area contributed by atoms with Crippen molar-refractivity contribution in [2.24, 2.45) is 0 Å². The first-order valence-electron chi connectivity index (χ1n) is 6.23. The second-order valence-electron chi connectivity index (χ2n) is 4.61. The summed E-state index contributed by atoms with van der Waals surface area (Å²) in [6.45, 7) is 8.87. The lowest BCUT2D eigenvalue weighted by molar-refractivity contribution is 0.120. The molecule has 1 fully saturated rings. The van der Waals surface area contributed by atoms with Crippen LogP contribution in [0.3, 0.4) is 0 Å². The van der Waals surface area contributed by atoms with Gasteiger partial charge in [-0.25, -0.2) is 0 Å². The normalized spacial score (nSPS) is 25.4. The van der Waals surface area contributed by atoms with Crippen LogP contribution in [0.5, 0.6) is 0 Å². The summed E-state index contributed by atoms with van der Waals surface area (Å²) in [5, 5.41) is 3.69. The lowest BCUT2D eigenvalue weighted by Gasteiger charge is -2.34. The van der Waals surface area contributed by atoms with Crippen LogP contribution in [0.25, 0.3) is 0 Å². The Bertz CT molecular complexity index is 164. The van der Waals surface area contributed by atoms with Crippen LogP contribution >= 0.6 is 0 Å². The third-order valence-electron chi connectivity index (χ3n) is 3.25. The van der Waals surface area contributed by atoms with Gasteiger partial charge in [0.1, 0.15) is 0 Å². The molecule has 1 aliphatic heterocycles. The maximum absolute atomic E-state index is 5.12. The molecule has 3 nitrogen and oxygen atoms in total. The Hall–Kier alpha value is -0.120. The van der Waals surface area contributed by atoms with Crippen molar-refractivity contribution >= 4 is 0 Å². The zero-order chi connectivity index (χ0) is 11.1. The molecule has 0 spiro atoms. The second-order valence-corrected chi connectivity index (χ2v) is 4.61. The van der Waals surface area contributed by atoms with Gasteiger partial charge in [-0.15, -0.1) is 0 Å². The fourth-order valence-electron chi connectivity index (χ4n) is 2.14. The lowest BCUT2D eigenvalue weighted by atomic mass is 10.0. The van der Waals surface area contributed by atoms with Crippen LogP contribution < -0.4 is 5.32 Å². The molecule has 0 aromatic carbocycles. The number of ether oxygens (including phenoxy) is 1. The van der Waals surface area contributed by atoms with Crippen molar-refractivity contribution < 1.29 is 4.74 Å². The van der Waals surface area contributed by atoms with E-state index < -0.39 is 0 Å². The smallest absolute Gasteiger partial charge is 0.0589 e. The minimum absolute atomic E-state index is 0.650. The molecule has 2 unspecified atom stereocenters. The van der Waals surface area contributed by atoms with E-state index >= 15 is 0 Å². The van der Waals surface area contributed by atoms with Gasteiger partial charge >= 0.3 is 0 Å². The first-order chi connectivity index (χ1) is 7.26. The van der Waals surface area contributed by atoms with Gasteiger partial charge in [-0.1, -0.05) is 6.92 Å². The SMILES string of the molecule is CCC(C)NC1CCCN(CCOC)C1. The predicted octanol–water partition coefficient (Wildman–Crippen LogP) is 1.49. The fourth-order valence-corrected chi connectivity index (χ4v) is 2.14. The number of nitrogens with zero attached hydrogens (tertiary/aromatic N) is 1. The molecule has 0 bridgehead atoms. The molecule has 0 aliphatic carbocycles. The zero-order valence-electron chi connectivity index (χ0n) is 10.5. The number of piperidine rings is 1. The third kappa shape index (κ3) is 4.96. The van der Waals surface area contributed by atoms with Gasteiger partial charge in [-0.05, 0) is 32.7 Å². The van der Waals surface area contributed by atoms with E-state index in [1.165, 1.54) is 32.4 Å². The summed E-state index contributed by atoms with van der Waals surface area (Å²) >= 11 is 0. The molecule has 1 heterocycles. The molecule has 0 saturated carbocycles. The van der Waals surface area contributed by atoms with E-state index in [1.807, 2.05) is 0 Å². The summed E-state index contributed by atoms with van der Waals surface area (Å²) in [7, 11) is 1.78. The number of methoxy groups -OCH3 is 1. The quantitative estimate of drug-likeness (QED) is 0.725. The maximum Gasteiger partial charge on any atom is 0.0589 e. The molecular weight excluding hydrogens is 188 g/mol. The largest absolute Gasteiger partial charge is 0.383 e. The van der Waals surface area contributed by atoms with Crippen molar-refractivity contribution in [2.75, 3.05) is 33.4 Å². The number of nitrogens with one attached hydrogen (secondary N) is 1. The summed E-state index contributed by atoms with van der Waals surface area (Å²) in [6.07, 6.45) is 3.86. The van der Waals surface area contributed by atoms with Gasteiger partial charge < -0.3 is 10.1 Å². The Morgan fingerprint density at radius 3 is 3.00 bits per heavy atom. The van der Waals surface area contributed by atoms with Crippen molar-refractivity contribution in [3.63, 3.8) is 0 Å². The average Bonchev–Trinajstić information content (AvgIpc) is 2.26. The van der Waals surface area contributed by atoms with Crippen LogP contribution in [-0.4, -0.2) is 50.3 Å². The average molecular weight is 214 g/mol. The Morgan fingerprint density at radius 1 is 1.53 bits per heavy atom. The highest BCUT2D eigenvalue weighted by atomic mass is 16.5. The van der Waals surface area contributed by atoms with Gasteiger partial charge in [0.25, 0.3) is 0 Å². The maximum atomic E-state index is 5.12. The van der Waals surface area contributed by atoms with E-state index in [0.29, 0.717) is 12.1 Å². The van der Waals surface area contributed by atoms with E-state index in [-0.39, 0.29) is 0 Å². The Morgan fingerprint density at radius 2 is 2.33 bits per heavy atom. The molecule has 0 aromatic rings. The van der Waals surface area contributed by atoms with E-state index in [2.05, 4.69) is 24.1 Å². The molecule has 90 valence electrons. The highest BCUT2D eigenvalue weighted by Gasteiger charge is 2.19. The second kappa shape index (κ2) is 7.20. The molecule has 2 atom stereocenters. The first-order valence-corrected chi connectivity index (χ1v) is 6.23. The molecule has 1 aliphatic rings. The van der Waals surface area contributed by atoms with Gasteiger partial charge in [0.2, 0.25) is 0 Å². The van der Waals surface area contributed by atoms with E-state index in [0.717, 1.165) is 13.2 Å². The summed E-state index contributed by atoms with van der Waals surface area (Å²) in [6, 6.07) is 1.34. The third-order valence-corrected chi connectivity index (χ3v) is 3.25. The van der Waals surface area contributed by atoms with Gasteiger partial charge in [0, 0.05) is 32.3 Å². The van der Waals surface area contributed by atoms with Crippen LogP contribution in [0.1, 0.15) is 33.1 Å². The summed E-state index contributed by atoms with van der Waals surface area (Å²) in [5.74, 6) is 0. The molecule has 1 rings (SSSR count). The number of hydrogen-bond acceptors (Lipinski definition) is 3. The van der Waals surface area contributed by atoms with Crippen LogP contribution in [0.4, 0.5) is 0 Å². The van der Waals surface area contributed by atoms with Crippen LogP contribution in [0.2, 0.25) is 0 Å². The molecular formula is C12H26N2O. The summed E-state index contributed by atoms with van der Waals surface area (Å²) in [5.41, 5.74) is 0. The standard InChI is InChI=1S/C12H26N2O/c1-4-11(2)13-12-6-5-7-14(10-12)8-9-15-3/h11-13H,4-10H2,1-3H3. The van der Waals surface area contributed by atoms with Crippen molar-refractivity contribution in [2.45, 2.75) is 45.2 Å². The van der Waals surface area contributed by atoms with Crippen LogP contribution in [-0.2, 0) is 4.74 Å². The van der Waals surface area contributed by atoms with Gasteiger partial charge in [0.15, 0.2) is 0 Å². The molecule has 0 aromatic heterocycles. The number of hydrogen-bond donors (Lipinski definition) is 1. The van der Waals surface area contributed by atoms with Crippen molar-refractivity contribution in [3.8, 4) is 0 Å². The summed E-state index contributed by atoms with van der Waals surface area (Å²) in [4.78, 5) is 2.51. The number of rotatable bonds is 6. The first kappa shape index (κ1) is 12.9. The van der Waals surface area contributed by atoms with Gasteiger partial charge in [-0.3, -0.25) is 4.90 Å². The Kier molecular flexibility index (Phi) is 6.22. The molecule has 0 radical (unpaired) electrons. The highest BCUT2D eigenvalue weighted by Crippen LogP contribution is 2.10. The minimum atomic E-state index is 0.650. The molecule has 0 amide bonds. The van der Waals surface area contributed by atoms with Crippen molar-refractivity contribution in [3.05, 3.63) is 0 Å². The minimum Gasteiger partial charge on any atom is -0.383 e. The zero-order valence-corrected chi connectivity index (χ0v) is 10.5. The van der Waals surface area contributed by atoms with E-state index in [4.69, 9.17) is 4.74 Å². The van der Waals surface area contributed by atoms with Crippen molar-refractivity contribution in [1.29, 1.82) is 0 Å². The number of likely N-dealkylation sites (tertiary alicyclic amines) is 1. The van der Waals surface area contributed by atoms with Gasteiger partial charge in [0.05, 0.1) is 6.61 Å². The fraction of sp³-hybridized carbons (Fsp3) is 1.00. The molecule has 1 saturated heterocycles. The van der Waals surface area contributed by atoms with E-state index in [9.17, 15) is 0 Å². The monoisotopic (exact) mass is 214 g/mol. The van der Waals surface area contributed by atoms with Crippen LogP contribution in [0, 0.1) is 0 Å². The Labute approximate surface area is 94.2 Å². The predicted molar refractivity (Wildman–Crippen MR) is 64.2 cm³/mol. The molecule has 15 heavy (non-hydrogen) atoms. The summed E-state index contributed by atoms with van der Waals surface area (Å²) < 4.78 is 5.12. The molecule has 1 N–H and O–H groups in total. The van der Waals surface area contributed by atoms with Crippen molar-refractivity contribution in [1.82, 2.24) is 10.2 Å². The lowest BCUT2D eigenvalue weighted by Crippen LogP contribution is -2.48. The van der Waals surface area contributed by atoms with Crippen LogP contribution in [0.15, 0.2) is 0 Å². The Balaban J connectivity index is 2.22. The molecule has 3 heteroatoms. The highest BCUT2D eigenvalue weighted by molar-refractivity contribution is 4.79. The topological polar surface area (TPSA) is 24.5 Å².